The molecular weight excluding hydrogens is 244 g/mol. The Hall–Kier alpha value is -1.61. The van der Waals surface area contributed by atoms with E-state index in [4.69, 9.17) is 0 Å². The Labute approximate surface area is 110 Å². The van der Waals surface area contributed by atoms with Gasteiger partial charge in [-0.2, -0.15) is 0 Å². The van der Waals surface area contributed by atoms with Gasteiger partial charge in [0.2, 0.25) is 0 Å². The first kappa shape index (κ1) is 11.5. The molecule has 2 atom stereocenters. The van der Waals surface area contributed by atoms with Gasteiger partial charge in [-0.3, -0.25) is 4.79 Å². The molecule has 1 aliphatic carbocycles. The highest BCUT2D eigenvalue weighted by Crippen LogP contribution is 2.44. The number of hydrogen-bond acceptors (Lipinski definition) is 2. The van der Waals surface area contributed by atoms with Crippen molar-refractivity contribution in [3.05, 3.63) is 57.8 Å². The quantitative estimate of drug-likeness (QED) is 0.912. The van der Waals surface area contributed by atoms with E-state index < -0.39 is 11.9 Å². The van der Waals surface area contributed by atoms with Crippen LogP contribution in [0.5, 0.6) is 0 Å². The normalized spacial score (nSPS) is 19.4. The molecule has 1 heterocycles. The molecule has 3 rings (SSSR count). The van der Waals surface area contributed by atoms with E-state index in [2.05, 4.69) is 12.1 Å². The maximum absolute atomic E-state index is 11.6. The van der Waals surface area contributed by atoms with Crippen molar-refractivity contribution in [3.8, 4) is 0 Å². The number of carbonyl (C=O) groups is 1. The summed E-state index contributed by atoms with van der Waals surface area (Å²) in [7, 11) is 0. The van der Waals surface area contributed by atoms with E-state index >= 15 is 0 Å². The second-order valence-corrected chi connectivity index (χ2v) is 5.65. The van der Waals surface area contributed by atoms with E-state index in [1.807, 2.05) is 29.6 Å². The predicted octanol–water partition coefficient (Wildman–Crippen LogP) is 3.65. The molecule has 2 aromatic rings. The summed E-state index contributed by atoms with van der Waals surface area (Å²) in [5, 5.41) is 11.5. The van der Waals surface area contributed by atoms with Gasteiger partial charge in [0.15, 0.2) is 0 Å². The molecule has 3 heteroatoms. The van der Waals surface area contributed by atoms with Crippen molar-refractivity contribution in [2.75, 3.05) is 0 Å². The molecule has 0 amide bonds. The van der Waals surface area contributed by atoms with Crippen LogP contribution in [0, 0.1) is 0 Å². The van der Waals surface area contributed by atoms with Gasteiger partial charge in [-0.15, -0.1) is 11.3 Å². The van der Waals surface area contributed by atoms with E-state index in [1.54, 1.807) is 11.3 Å². The third kappa shape index (κ3) is 1.85. The van der Waals surface area contributed by atoms with Crippen molar-refractivity contribution in [1.82, 2.24) is 0 Å². The van der Waals surface area contributed by atoms with E-state index in [-0.39, 0.29) is 5.92 Å². The molecule has 0 bridgehead atoms. The Morgan fingerprint density at radius 3 is 2.83 bits per heavy atom. The maximum Gasteiger partial charge on any atom is 0.312 e. The average Bonchev–Trinajstić information content (AvgIpc) is 3.00. The first-order chi connectivity index (χ1) is 8.77. The monoisotopic (exact) mass is 258 g/mol. The van der Waals surface area contributed by atoms with Crippen molar-refractivity contribution < 1.29 is 9.90 Å². The van der Waals surface area contributed by atoms with Gasteiger partial charge < -0.3 is 5.11 Å². The first-order valence-electron chi connectivity index (χ1n) is 6.11. The van der Waals surface area contributed by atoms with Crippen LogP contribution < -0.4 is 0 Å². The van der Waals surface area contributed by atoms with Crippen molar-refractivity contribution in [2.45, 2.75) is 24.7 Å². The molecule has 0 saturated carbocycles. The molecule has 18 heavy (non-hydrogen) atoms. The minimum absolute atomic E-state index is 0.123. The molecule has 0 fully saturated rings. The fourth-order valence-electron chi connectivity index (χ4n) is 2.90. The summed E-state index contributed by atoms with van der Waals surface area (Å²) in [4.78, 5) is 12.6. The Bertz CT molecular complexity index is 560. The molecule has 2 unspecified atom stereocenters. The van der Waals surface area contributed by atoms with Crippen LogP contribution >= 0.6 is 11.3 Å². The summed E-state index contributed by atoms with van der Waals surface area (Å²) < 4.78 is 0. The average molecular weight is 258 g/mol. The number of fused-ring (bicyclic) bond motifs is 1. The van der Waals surface area contributed by atoms with Crippen LogP contribution in [0.25, 0.3) is 0 Å². The zero-order valence-corrected chi connectivity index (χ0v) is 10.7. The maximum atomic E-state index is 11.6. The number of thiophene rings is 1. The van der Waals surface area contributed by atoms with Crippen LogP contribution in [0.1, 0.15) is 34.3 Å². The Morgan fingerprint density at radius 2 is 2.11 bits per heavy atom. The molecule has 0 aliphatic heterocycles. The molecule has 1 aromatic heterocycles. The lowest BCUT2D eigenvalue weighted by Crippen LogP contribution is -2.17. The van der Waals surface area contributed by atoms with Gasteiger partial charge in [0.05, 0.1) is 5.92 Å². The standard InChI is InChI=1S/C15H14O2S/c16-15(17)14(13-6-3-9-18-13)12-8-7-10-4-1-2-5-11(10)12/h1-6,9,12,14H,7-8H2,(H,16,17). The van der Waals surface area contributed by atoms with Gasteiger partial charge in [0, 0.05) is 10.8 Å². The van der Waals surface area contributed by atoms with Gasteiger partial charge in [-0.1, -0.05) is 30.3 Å². The summed E-state index contributed by atoms with van der Waals surface area (Å²) in [5.41, 5.74) is 2.53. The lowest BCUT2D eigenvalue weighted by Gasteiger charge is -2.19. The van der Waals surface area contributed by atoms with Crippen LogP contribution in [0.2, 0.25) is 0 Å². The molecular formula is C15H14O2S. The van der Waals surface area contributed by atoms with Crippen molar-refractivity contribution >= 4 is 17.3 Å². The molecule has 1 N–H and O–H groups in total. The lowest BCUT2D eigenvalue weighted by molar-refractivity contribution is -0.139. The van der Waals surface area contributed by atoms with Gasteiger partial charge in [-0.25, -0.2) is 0 Å². The summed E-state index contributed by atoms with van der Waals surface area (Å²) in [6.45, 7) is 0. The summed E-state index contributed by atoms with van der Waals surface area (Å²) in [6, 6.07) is 12.1. The molecule has 92 valence electrons. The second-order valence-electron chi connectivity index (χ2n) is 4.68. The highest BCUT2D eigenvalue weighted by atomic mass is 32.1. The molecule has 0 spiro atoms. The summed E-state index contributed by atoms with van der Waals surface area (Å²) >= 11 is 1.54. The van der Waals surface area contributed by atoms with E-state index in [0.29, 0.717) is 0 Å². The highest BCUT2D eigenvalue weighted by molar-refractivity contribution is 7.10. The SMILES string of the molecule is O=C(O)C(c1cccs1)C1CCc2ccccc21. The third-order valence-electron chi connectivity index (χ3n) is 3.70. The number of hydrogen-bond donors (Lipinski definition) is 1. The van der Waals surface area contributed by atoms with Crippen molar-refractivity contribution in [1.29, 1.82) is 0 Å². The summed E-state index contributed by atoms with van der Waals surface area (Å²) in [5.74, 6) is -0.981. The van der Waals surface area contributed by atoms with E-state index in [9.17, 15) is 9.90 Å². The minimum atomic E-state index is -0.709. The van der Waals surface area contributed by atoms with E-state index in [0.717, 1.165) is 17.7 Å². The molecule has 1 aliphatic rings. The van der Waals surface area contributed by atoms with Gasteiger partial charge in [0.1, 0.15) is 0 Å². The van der Waals surface area contributed by atoms with Crippen LogP contribution in [0.3, 0.4) is 0 Å². The fraction of sp³-hybridized carbons (Fsp3) is 0.267. The van der Waals surface area contributed by atoms with Gasteiger partial charge in [-0.05, 0) is 35.4 Å². The summed E-state index contributed by atoms with van der Waals surface area (Å²) in [6.07, 6.45) is 1.93. The van der Waals surface area contributed by atoms with Crippen molar-refractivity contribution in [2.24, 2.45) is 0 Å². The molecule has 0 radical (unpaired) electrons. The Kier molecular flexibility index (Phi) is 2.92. The number of carboxylic acid groups (broad SMARTS) is 1. The van der Waals surface area contributed by atoms with E-state index in [1.165, 1.54) is 11.1 Å². The third-order valence-corrected chi connectivity index (χ3v) is 4.65. The largest absolute Gasteiger partial charge is 0.481 e. The lowest BCUT2D eigenvalue weighted by atomic mass is 9.86. The molecule has 0 saturated heterocycles. The zero-order chi connectivity index (χ0) is 12.5. The zero-order valence-electron chi connectivity index (χ0n) is 9.87. The topological polar surface area (TPSA) is 37.3 Å². The fourth-order valence-corrected chi connectivity index (χ4v) is 3.78. The van der Waals surface area contributed by atoms with Crippen molar-refractivity contribution in [3.63, 3.8) is 0 Å². The molecule has 2 nitrogen and oxygen atoms in total. The number of aliphatic carboxylic acids is 1. The number of benzene rings is 1. The van der Waals surface area contributed by atoms with Crippen LogP contribution in [-0.2, 0) is 11.2 Å². The van der Waals surface area contributed by atoms with Crippen LogP contribution in [-0.4, -0.2) is 11.1 Å². The first-order valence-corrected chi connectivity index (χ1v) is 6.99. The number of carboxylic acids is 1. The second kappa shape index (κ2) is 4.58. The number of rotatable bonds is 3. The van der Waals surface area contributed by atoms with Gasteiger partial charge in [0.25, 0.3) is 0 Å². The Balaban J connectivity index is 2.01. The number of aryl methyl sites for hydroxylation is 1. The Morgan fingerprint density at radius 1 is 1.28 bits per heavy atom. The minimum Gasteiger partial charge on any atom is -0.481 e. The smallest absolute Gasteiger partial charge is 0.312 e. The highest BCUT2D eigenvalue weighted by Gasteiger charge is 2.35. The van der Waals surface area contributed by atoms with Crippen LogP contribution in [0.4, 0.5) is 0 Å². The molecule has 1 aromatic carbocycles. The van der Waals surface area contributed by atoms with Crippen LogP contribution in [0.15, 0.2) is 41.8 Å². The van der Waals surface area contributed by atoms with Gasteiger partial charge >= 0.3 is 5.97 Å². The predicted molar refractivity (Wildman–Crippen MR) is 72.2 cm³/mol.